The largest absolute Gasteiger partial charge is 0.508 e. The van der Waals surface area contributed by atoms with E-state index in [1.54, 1.807) is 68.3 Å². The minimum absolute atomic E-state index is 0.0289. The van der Waals surface area contributed by atoms with Crippen molar-refractivity contribution in [2.24, 2.45) is 0 Å². The lowest BCUT2D eigenvalue weighted by atomic mass is 9.79. The third kappa shape index (κ3) is 32.7. The first kappa shape index (κ1) is 110. The predicted octanol–water partition coefficient (Wildman–Crippen LogP) is 27.9. The van der Waals surface area contributed by atoms with Crippen LogP contribution in [0.2, 0.25) is 0 Å². The number of ether oxygens (including phenoxy) is 11. The molecule has 28 nitrogen and oxygen atoms in total. The Bertz CT molecular complexity index is 6550. The van der Waals surface area contributed by atoms with Crippen molar-refractivity contribution < 1.29 is 91.1 Å². The molecule has 32 heteroatoms. The molecule has 780 valence electrons. The first-order valence-electron chi connectivity index (χ1n) is 51.3. The number of alkyl halides is 1. The normalized spacial score (nSPS) is 15.7. The number of hydrogen-bond acceptors (Lipinski definition) is 23. The summed E-state index contributed by atoms with van der Waals surface area (Å²) in [5.74, 6) is 5.11. The topological polar surface area (TPSA) is 335 Å². The van der Waals surface area contributed by atoms with Gasteiger partial charge in [0.1, 0.15) is 63.2 Å². The molecule has 0 unspecified atom stereocenters. The number of methoxy groups -OCH3 is 2. The van der Waals surface area contributed by atoms with Gasteiger partial charge in [-0.25, -0.2) is 28.8 Å². The second-order valence-corrected chi connectivity index (χ2v) is 41.5. The fraction of sp³-hybridized carbons (Fsp3) is 0.359. The van der Waals surface area contributed by atoms with E-state index < -0.39 is 17.9 Å². The number of carboxylic acid groups (broad SMARTS) is 2. The number of nitrogens with zero attached hydrogens (tertiary/aromatic N) is 8. The van der Waals surface area contributed by atoms with Crippen molar-refractivity contribution in [3.63, 3.8) is 0 Å². The van der Waals surface area contributed by atoms with Gasteiger partial charge in [0.15, 0.2) is 0 Å². The van der Waals surface area contributed by atoms with Gasteiger partial charge in [-0.3, -0.25) is 0 Å². The molecular weight excluding hydrogens is 2090 g/mol. The molecule has 14 aromatic rings. The Morgan fingerprint density at radius 3 is 1.08 bits per heavy atom. The SMILES string of the molecule is BrC1CCCC1.Brc1cccc(OC2CCCC2)c1.CC1(C)OB(c2cccc(OC3CCCC3)c2)OC1(C)C.CCOC(=O)c1nnn(Cc2ccc(OC)cc2)c1Oc1ccc(-c2cccc(OC3CCCC3)c2)cc1.COc1ccc(Cn2nnc(C(=O)O)c2Oc2ccc(-c3cccc(OC4CCCC4)c3)cc2)cc1.O=C(O)c1[nH]nnc1Oc1ccc(-c2cccc(OC3CCCC3)c2)cc1.Oc1cccc(Br)c1. The number of hydrogen-bond donors (Lipinski definition) is 4. The second-order valence-electron chi connectivity index (χ2n) is 38.4. The molecule has 0 bridgehead atoms. The number of carbonyl (C=O) groups excluding carboxylic acids is 1. The zero-order valence-corrected chi connectivity index (χ0v) is 89.9. The Balaban J connectivity index is 0.000000139. The zero-order valence-electron chi connectivity index (χ0n) is 85.1. The van der Waals surface area contributed by atoms with Gasteiger partial charge < -0.3 is 76.7 Å². The molecular formula is C117H129BBr3N9O19. The summed E-state index contributed by atoms with van der Waals surface area (Å²) >= 11 is 10.2. The lowest BCUT2D eigenvalue weighted by Gasteiger charge is -2.32. The summed E-state index contributed by atoms with van der Waals surface area (Å²) in [6, 6.07) is 84.8. The number of esters is 1. The van der Waals surface area contributed by atoms with Crippen LogP contribution in [-0.4, -0.2) is 153 Å². The van der Waals surface area contributed by atoms with Crippen molar-refractivity contribution in [2.75, 3.05) is 20.8 Å². The van der Waals surface area contributed by atoms with E-state index in [0.29, 0.717) is 66.6 Å². The van der Waals surface area contributed by atoms with Crippen LogP contribution in [0.5, 0.6) is 80.9 Å². The highest BCUT2D eigenvalue weighted by molar-refractivity contribution is 9.10. The number of aromatic hydroxyl groups is 1. The van der Waals surface area contributed by atoms with Crippen molar-refractivity contribution >= 4 is 78.3 Å². The van der Waals surface area contributed by atoms with Gasteiger partial charge in [0.25, 0.3) is 17.6 Å². The summed E-state index contributed by atoms with van der Waals surface area (Å²) in [5, 5.41) is 52.9. The molecule has 6 saturated carbocycles. The molecule has 6 aliphatic carbocycles. The van der Waals surface area contributed by atoms with Gasteiger partial charge in [0.2, 0.25) is 17.1 Å². The summed E-state index contributed by atoms with van der Waals surface area (Å²) < 4.78 is 80.7. The van der Waals surface area contributed by atoms with Crippen LogP contribution in [0.15, 0.2) is 276 Å². The first-order valence-corrected chi connectivity index (χ1v) is 53.8. The van der Waals surface area contributed by atoms with Crippen LogP contribution in [0.4, 0.5) is 0 Å². The lowest BCUT2D eigenvalue weighted by molar-refractivity contribution is 0.00578. The first-order chi connectivity index (χ1) is 72.3. The van der Waals surface area contributed by atoms with Crippen molar-refractivity contribution in [2.45, 2.75) is 248 Å². The van der Waals surface area contributed by atoms with Crippen LogP contribution in [0.25, 0.3) is 33.4 Å². The molecule has 0 atom stereocenters. The van der Waals surface area contributed by atoms with Gasteiger partial charge >= 0.3 is 25.0 Å². The van der Waals surface area contributed by atoms with E-state index in [1.807, 2.05) is 206 Å². The van der Waals surface area contributed by atoms with Crippen LogP contribution in [0.3, 0.4) is 0 Å². The Morgan fingerprint density at radius 2 is 0.732 bits per heavy atom. The van der Waals surface area contributed by atoms with Crippen LogP contribution in [-0.2, 0) is 27.1 Å². The van der Waals surface area contributed by atoms with E-state index in [9.17, 15) is 19.5 Å². The third-order valence-corrected chi connectivity index (χ3v) is 28.7. The Labute approximate surface area is 896 Å². The lowest BCUT2D eigenvalue weighted by Crippen LogP contribution is -2.41. The standard InChI is InChI=1S/C30H31N3O5.C28H27N3O5.C20H19N3O4.C17H25BO3.C11H13BrO.C6H5BrO.C5H9Br/c1-3-36-30(34)28-29(33(32-31-28)20-21-11-15-24(35-2)16-12-21)38-26-17-13-22(14-18-26)23-7-6-10-27(19-23)37-25-8-4-5-9-25;1-34-22-13-9-19(10-14-22)18-31-27(26(28(32)33)29-30-31)36-24-15-11-20(12-16-24)21-5-4-8-25(17-21)35-23-6-2-3-7-23;24-20(25)18-19(22-23-21-18)27-16-10-8-13(9-11-16)14-4-3-7-17(12-14)26-15-5-1-2-6-15;1-16(2)17(3,4)21-18(20-16)13-8-7-11-15(12-13)19-14-9-5-6-10-14;12-9-4-3-7-11(8-9)13-10-5-1-2-6-10;7-5-2-1-3-6(8)4-5;6-5-3-1-2-4-5/h6-7,10-19,25H,3-5,8-9,20H2,1-2H3;4-5,8-17,23H,2-3,6-7,18H2,1H3,(H,32,33);3-4,7-12,15H,1-2,5-6H2,(H,24,25)(H,21,22,23);7-8,11-12,14H,5-6,9-10H2,1-4H3;3-4,7-8,10H,1-2,5-6H2;1-4,8H;5H,1-4H2. The molecule has 3 aromatic heterocycles. The van der Waals surface area contributed by atoms with Gasteiger partial charge in [0, 0.05) is 13.8 Å². The molecule has 0 amide bonds. The van der Waals surface area contributed by atoms with Gasteiger partial charge in [-0.15, -0.1) is 10.2 Å². The molecule has 149 heavy (non-hydrogen) atoms. The highest BCUT2D eigenvalue weighted by Crippen LogP contribution is 2.41. The predicted molar refractivity (Wildman–Crippen MR) is 584 cm³/mol. The summed E-state index contributed by atoms with van der Waals surface area (Å²) in [6.07, 6.45) is 31.5. The number of carboxylic acids is 2. The van der Waals surface area contributed by atoms with E-state index in [1.165, 1.54) is 120 Å². The number of rotatable bonds is 30. The maximum Gasteiger partial charge on any atom is 0.494 e. The highest BCUT2D eigenvalue weighted by atomic mass is 79.9. The number of phenolic OH excluding ortho intramolecular Hbond substituents is 1. The maximum atomic E-state index is 12.6. The van der Waals surface area contributed by atoms with Crippen LogP contribution in [0.1, 0.15) is 231 Å². The van der Waals surface area contributed by atoms with Gasteiger partial charge in [-0.05, 0) is 371 Å². The average molecular weight is 2220 g/mol. The Kier molecular flexibility index (Phi) is 40.2. The molecule has 21 rings (SSSR count). The molecule has 7 fully saturated rings. The highest BCUT2D eigenvalue weighted by Gasteiger charge is 2.52. The Morgan fingerprint density at radius 1 is 0.389 bits per heavy atom. The minimum atomic E-state index is -1.21. The van der Waals surface area contributed by atoms with Crippen molar-refractivity contribution in [3.8, 4) is 114 Å². The summed E-state index contributed by atoms with van der Waals surface area (Å²) in [4.78, 5) is 36.2. The number of aromatic nitrogens is 9. The molecule has 4 heterocycles. The quantitative estimate of drug-likeness (QED) is 0.0185. The fourth-order valence-electron chi connectivity index (χ4n) is 18.0. The van der Waals surface area contributed by atoms with E-state index >= 15 is 0 Å². The average Bonchev–Trinajstić information content (AvgIpc) is 1.62. The minimum Gasteiger partial charge on any atom is -0.508 e. The van der Waals surface area contributed by atoms with E-state index in [-0.39, 0.29) is 59.6 Å². The molecule has 11 aromatic carbocycles. The number of benzene rings is 11. The van der Waals surface area contributed by atoms with Gasteiger partial charge in [-0.2, -0.15) is 0 Å². The Hall–Kier alpha value is -13.5. The number of H-pyrrole nitrogens is 1. The number of nitrogens with one attached hydrogen (secondary N) is 1. The number of halogens is 3. The summed E-state index contributed by atoms with van der Waals surface area (Å²) in [7, 11) is 2.90. The number of phenols is 1. The molecule has 0 radical (unpaired) electrons. The van der Waals surface area contributed by atoms with Crippen LogP contribution >= 0.6 is 47.8 Å². The van der Waals surface area contributed by atoms with Gasteiger partial charge in [-0.1, -0.05) is 203 Å². The molecule has 1 aliphatic heterocycles. The van der Waals surface area contributed by atoms with E-state index in [2.05, 4.69) is 130 Å². The van der Waals surface area contributed by atoms with Crippen LogP contribution in [0, 0.1) is 0 Å². The number of carbonyl (C=O) groups is 3. The monoisotopic (exact) mass is 2210 g/mol. The smallest absolute Gasteiger partial charge is 0.494 e. The van der Waals surface area contributed by atoms with Crippen molar-refractivity contribution in [1.29, 1.82) is 0 Å². The van der Waals surface area contributed by atoms with E-state index in [4.69, 9.17) is 71.6 Å². The number of aromatic carboxylic acids is 2. The maximum absolute atomic E-state index is 12.6. The van der Waals surface area contributed by atoms with Crippen molar-refractivity contribution in [1.82, 2.24) is 45.4 Å². The number of aromatic amines is 1. The fourth-order valence-corrected chi connectivity index (χ4v) is 19.5. The zero-order chi connectivity index (χ0) is 104. The molecule has 1 saturated heterocycles. The summed E-state index contributed by atoms with van der Waals surface area (Å²) in [6.45, 7) is 10.9. The molecule has 0 spiro atoms. The van der Waals surface area contributed by atoms with E-state index in [0.717, 1.165) is 143 Å². The van der Waals surface area contributed by atoms with Crippen molar-refractivity contribution in [3.05, 3.63) is 304 Å². The second kappa shape index (κ2) is 54.6. The van der Waals surface area contributed by atoms with Crippen LogP contribution < -0.4 is 52.8 Å². The summed E-state index contributed by atoms with van der Waals surface area (Å²) in [5.41, 5.74) is 8.06. The molecule has 7 aliphatic rings. The van der Waals surface area contributed by atoms with Gasteiger partial charge in [0.05, 0.1) is 75.6 Å². The third-order valence-electron chi connectivity index (χ3n) is 26.8. The molecule has 4 N–H and O–H groups in total.